The van der Waals surface area contributed by atoms with Crippen LogP contribution in [0.2, 0.25) is 0 Å². The molecule has 0 rings (SSSR count). The SMILES string of the molecule is CSCCCNC(=O)NC(=O)COCC(=O)O. The van der Waals surface area contributed by atoms with E-state index in [1.54, 1.807) is 11.8 Å². The second kappa shape index (κ2) is 9.91. The van der Waals surface area contributed by atoms with Gasteiger partial charge in [0.1, 0.15) is 13.2 Å². The van der Waals surface area contributed by atoms with Crippen molar-refractivity contribution in [3.05, 3.63) is 0 Å². The Hall–Kier alpha value is -1.28. The van der Waals surface area contributed by atoms with Crippen LogP contribution in [0.4, 0.5) is 4.79 Å². The lowest BCUT2D eigenvalue weighted by Gasteiger charge is -2.06. The number of urea groups is 1. The van der Waals surface area contributed by atoms with Gasteiger partial charge in [0.15, 0.2) is 0 Å². The molecule has 0 unspecified atom stereocenters. The molecule has 3 amide bonds. The average Bonchev–Trinajstić information content (AvgIpc) is 2.23. The van der Waals surface area contributed by atoms with E-state index in [-0.39, 0.29) is 0 Å². The molecule has 0 bridgehead atoms. The normalized spacial score (nSPS) is 9.71. The van der Waals surface area contributed by atoms with Crippen LogP contribution in [0, 0.1) is 0 Å². The molecule has 0 radical (unpaired) electrons. The van der Waals surface area contributed by atoms with Crippen molar-refractivity contribution in [3.63, 3.8) is 0 Å². The first-order chi connectivity index (χ1) is 8.06. The molecule has 0 heterocycles. The second-order valence-electron chi connectivity index (χ2n) is 3.04. The van der Waals surface area contributed by atoms with E-state index in [2.05, 4.69) is 10.1 Å². The summed E-state index contributed by atoms with van der Waals surface area (Å²) in [6.07, 6.45) is 2.78. The third-order valence-corrected chi connectivity index (χ3v) is 2.22. The van der Waals surface area contributed by atoms with Crippen LogP contribution < -0.4 is 10.6 Å². The van der Waals surface area contributed by atoms with E-state index in [0.717, 1.165) is 12.2 Å². The summed E-state index contributed by atoms with van der Waals surface area (Å²) in [5.41, 5.74) is 0. The highest BCUT2D eigenvalue weighted by Gasteiger charge is 2.07. The third kappa shape index (κ3) is 11.0. The molecule has 7 nitrogen and oxygen atoms in total. The van der Waals surface area contributed by atoms with E-state index in [1.165, 1.54) is 0 Å². The van der Waals surface area contributed by atoms with Crippen LogP contribution >= 0.6 is 11.8 Å². The number of ether oxygens (including phenoxy) is 1. The molecule has 0 aromatic heterocycles. The highest BCUT2D eigenvalue weighted by Crippen LogP contribution is 1.92. The van der Waals surface area contributed by atoms with Gasteiger partial charge in [0.05, 0.1) is 0 Å². The van der Waals surface area contributed by atoms with Crippen molar-refractivity contribution in [1.82, 2.24) is 10.6 Å². The lowest BCUT2D eigenvalue weighted by atomic mass is 10.5. The highest BCUT2D eigenvalue weighted by atomic mass is 32.2. The van der Waals surface area contributed by atoms with Crippen LogP contribution in [0.3, 0.4) is 0 Å². The van der Waals surface area contributed by atoms with Gasteiger partial charge in [0.2, 0.25) is 0 Å². The molecule has 0 atom stereocenters. The van der Waals surface area contributed by atoms with Crippen LogP contribution in [0.15, 0.2) is 0 Å². The van der Waals surface area contributed by atoms with Gasteiger partial charge in [-0.2, -0.15) is 11.8 Å². The predicted octanol–water partition coefficient (Wildman–Crippen LogP) is -0.333. The standard InChI is InChI=1S/C9H16N2O5S/c1-17-4-2-3-10-9(15)11-7(12)5-16-6-8(13)14/h2-6H2,1H3,(H,13,14)(H2,10,11,12,15). The third-order valence-electron chi connectivity index (χ3n) is 1.52. The fourth-order valence-electron chi connectivity index (χ4n) is 0.856. The zero-order valence-electron chi connectivity index (χ0n) is 9.52. The quantitative estimate of drug-likeness (QED) is 0.518. The van der Waals surface area contributed by atoms with E-state index in [4.69, 9.17) is 5.11 Å². The van der Waals surface area contributed by atoms with Crippen molar-refractivity contribution in [2.24, 2.45) is 0 Å². The minimum Gasteiger partial charge on any atom is -0.480 e. The van der Waals surface area contributed by atoms with Crippen molar-refractivity contribution in [3.8, 4) is 0 Å². The minimum absolute atomic E-state index is 0.454. The second-order valence-corrected chi connectivity index (χ2v) is 4.02. The summed E-state index contributed by atoms with van der Waals surface area (Å²) in [5.74, 6) is -0.913. The van der Waals surface area contributed by atoms with Crippen LogP contribution in [0.5, 0.6) is 0 Å². The smallest absolute Gasteiger partial charge is 0.329 e. The first-order valence-electron chi connectivity index (χ1n) is 4.92. The maximum atomic E-state index is 11.1. The Kier molecular flexibility index (Phi) is 9.17. The van der Waals surface area contributed by atoms with Crippen LogP contribution in [0.25, 0.3) is 0 Å². The van der Waals surface area contributed by atoms with Gasteiger partial charge >= 0.3 is 12.0 Å². The topological polar surface area (TPSA) is 105 Å². The fraction of sp³-hybridized carbons (Fsp3) is 0.667. The van der Waals surface area contributed by atoms with Gasteiger partial charge < -0.3 is 15.2 Å². The van der Waals surface area contributed by atoms with E-state index in [1.807, 2.05) is 11.6 Å². The molecule has 0 aliphatic rings. The van der Waals surface area contributed by atoms with Crippen LogP contribution in [-0.4, -0.2) is 54.8 Å². The highest BCUT2D eigenvalue weighted by molar-refractivity contribution is 7.98. The summed E-state index contributed by atoms with van der Waals surface area (Å²) in [7, 11) is 0. The van der Waals surface area contributed by atoms with E-state index >= 15 is 0 Å². The Labute approximate surface area is 103 Å². The minimum atomic E-state index is -1.17. The Bertz CT molecular complexity index is 272. The number of carbonyl (C=O) groups is 3. The van der Waals surface area contributed by atoms with Crippen molar-refractivity contribution in [2.75, 3.05) is 31.8 Å². The summed E-state index contributed by atoms with van der Waals surface area (Å²) >= 11 is 1.67. The van der Waals surface area contributed by atoms with Gasteiger partial charge in [-0.1, -0.05) is 0 Å². The van der Waals surface area contributed by atoms with Crippen molar-refractivity contribution in [2.45, 2.75) is 6.42 Å². The van der Waals surface area contributed by atoms with E-state index in [9.17, 15) is 14.4 Å². The summed E-state index contributed by atoms with van der Waals surface area (Å²) in [6.45, 7) is -0.538. The molecule has 0 saturated carbocycles. The van der Waals surface area contributed by atoms with Gasteiger partial charge in [-0.05, 0) is 18.4 Å². The number of aliphatic carboxylic acids is 1. The van der Waals surface area contributed by atoms with Gasteiger partial charge in [0.25, 0.3) is 5.91 Å². The van der Waals surface area contributed by atoms with Crippen molar-refractivity contribution >= 4 is 29.7 Å². The molecule has 0 saturated heterocycles. The molecular formula is C9H16N2O5S. The number of rotatable bonds is 8. The molecule has 0 aliphatic carbocycles. The molecule has 0 spiro atoms. The molecule has 8 heteroatoms. The number of imide groups is 1. The molecule has 3 N–H and O–H groups in total. The number of amides is 3. The largest absolute Gasteiger partial charge is 0.480 e. The Morgan fingerprint density at radius 2 is 2.00 bits per heavy atom. The number of nitrogens with one attached hydrogen (secondary N) is 2. The molecule has 98 valence electrons. The molecule has 0 fully saturated rings. The molecule has 17 heavy (non-hydrogen) atoms. The first-order valence-corrected chi connectivity index (χ1v) is 6.31. The number of carboxylic acids is 1. The maximum Gasteiger partial charge on any atom is 0.329 e. The average molecular weight is 264 g/mol. The predicted molar refractivity (Wildman–Crippen MR) is 63.0 cm³/mol. The number of carbonyl (C=O) groups excluding carboxylic acids is 2. The Morgan fingerprint density at radius 1 is 1.29 bits per heavy atom. The Balaban J connectivity index is 3.52. The molecule has 0 aromatic carbocycles. The van der Waals surface area contributed by atoms with E-state index in [0.29, 0.717) is 6.54 Å². The monoisotopic (exact) mass is 264 g/mol. The zero-order valence-corrected chi connectivity index (χ0v) is 10.3. The number of hydrogen-bond donors (Lipinski definition) is 3. The molecule has 0 aromatic rings. The van der Waals surface area contributed by atoms with Gasteiger partial charge in [-0.3, -0.25) is 10.1 Å². The number of hydrogen-bond acceptors (Lipinski definition) is 5. The zero-order chi connectivity index (χ0) is 13.1. The molecule has 0 aliphatic heterocycles. The lowest BCUT2D eigenvalue weighted by molar-refractivity contribution is -0.143. The van der Waals surface area contributed by atoms with Crippen molar-refractivity contribution < 1.29 is 24.2 Å². The maximum absolute atomic E-state index is 11.1. The van der Waals surface area contributed by atoms with Gasteiger partial charge in [-0.25, -0.2) is 9.59 Å². The Morgan fingerprint density at radius 3 is 2.59 bits per heavy atom. The summed E-state index contributed by atoms with van der Waals surface area (Å²) < 4.78 is 4.51. The number of carboxylic acid groups (broad SMARTS) is 1. The summed E-state index contributed by atoms with van der Waals surface area (Å²) in [4.78, 5) is 32.2. The van der Waals surface area contributed by atoms with Gasteiger partial charge in [0, 0.05) is 6.54 Å². The lowest BCUT2D eigenvalue weighted by Crippen LogP contribution is -2.41. The first kappa shape index (κ1) is 15.7. The number of thioether (sulfide) groups is 1. The molecular weight excluding hydrogens is 248 g/mol. The van der Waals surface area contributed by atoms with Gasteiger partial charge in [-0.15, -0.1) is 0 Å². The van der Waals surface area contributed by atoms with Crippen molar-refractivity contribution in [1.29, 1.82) is 0 Å². The summed E-state index contributed by atoms with van der Waals surface area (Å²) in [5, 5.41) is 12.7. The van der Waals surface area contributed by atoms with E-state index < -0.39 is 31.1 Å². The fourth-order valence-corrected chi connectivity index (χ4v) is 1.29. The van der Waals surface area contributed by atoms with Crippen LogP contribution in [-0.2, 0) is 14.3 Å². The van der Waals surface area contributed by atoms with Crippen LogP contribution in [0.1, 0.15) is 6.42 Å². The summed E-state index contributed by atoms with van der Waals surface area (Å²) in [6, 6.07) is -0.602.